The number of hydrogen-bond donors (Lipinski definition) is 1. The molecule has 0 spiro atoms. The van der Waals surface area contributed by atoms with Crippen LogP contribution in [0, 0.1) is 5.82 Å². The van der Waals surface area contributed by atoms with Gasteiger partial charge in [-0.05, 0) is 43.0 Å². The van der Waals surface area contributed by atoms with E-state index in [9.17, 15) is 9.18 Å². The minimum Gasteiger partial charge on any atom is -0.481 e. The topological polar surface area (TPSA) is 46.5 Å². The normalized spacial score (nSPS) is 10.3. The Morgan fingerprint density at radius 1 is 1.08 bits per heavy atom. The first kappa shape index (κ1) is 20.6. The van der Waals surface area contributed by atoms with E-state index in [4.69, 9.17) is 9.84 Å². The van der Waals surface area contributed by atoms with Gasteiger partial charge in [0.15, 0.2) is 0 Å². The largest absolute Gasteiger partial charge is 0.481 e. The Labute approximate surface area is 148 Å². The third-order valence-corrected chi connectivity index (χ3v) is 3.33. The second-order valence-corrected chi connectivity index (χ2v) is 5.44. The molecule has 25 heavy (non-hydrogen) atoms. The number of aryl methyl sites for hydroxylation is 1. The molecule has 0 unspecified atom stereocenters. The lowest BCUT2D eigenvalue weighted by molar-refractivity contribution is -0.137. The summed E-state index contributed by atoms with van der Waals surface area (Å²) < 4.78 is 17.8. The zero-order valence-electron chi connectivity index (χ0n) is 14.5. The van der Waals surface area contributed by atoms with E-state index in [1.807, 2.05) is 37.3 Å². The molecule has 0 aromatic heterocycles. The number of rotatable bonds is 8. The summed E-state index contributed by atoms with van der Waals surface area (Å²) in [5.74, 6) is -1.05. The maximum Gasteiger partial charge on any atom is 0.303 e. The summed E-state index contributed by atoms with van der Waals surface area (Å²) >= 11 is 0. The van der Waals surface area contributed by atoms with Crippen LogP contribution in [-0.4, -0.2) is 17.7 Å². The van der Waals surface area contributed by atoms with E-state index in [0.717, 1.165) is 5.56 Å². The minimum atomic E-state index is -0.790. The Kier molecular flexibility index (Phi) is 10.6. The molecule has 0 saturated carbocycles. The number of allylic oxidation sites excluding steroid dienone is 1. The fraction of sp³-hybridized carbons (Fsp3) is 0.286. The van der Waals surface area contributed by atoms with Crippen LogP contribution in [0.25, 0.3) is 0 Å². The van der Waals surface area contributed by atoms with Crippen molar-refractivity contribution >= 4 is 5.97 Å². The van der Waals surface area contributed by atoms with E-state index < -0.39 is 5.97 Å². The van der Waals surface area contributed by atoms with Crippen molar-refractivity contribution in [3.05, 3.63) is 83.7 Å². The Hall–Kier alpha value is -2.46. The van der Waals surface area contributed by atoms with Gasteiger partial charge in [0.2, 0.25) is 0 Å². The van der Waals surface area contributed by atoms with Crippen molar-refractivity contribution in [3.8, 4) is 0 Å². The Morgan fingerprint density at radius 3 is 2.36 bits per heavy atom. The molecule has 1 N–H and O–H groups in total. The van der Waals surface area contributed by atoms with Crippen LogP contribution in [0.2, 0.25) is 0 Å². The van der Waals surface area contributed by atoms with Crippen LogP contribution in [0.4, 0.5) is 4.39 Å². The number of hydrogen-bond acceptors (Lipinski definition) is 2. The predicted molar refractivity (Wildman–Crippen MR) is 97.9 cm³/mol. The molecular formula is C21H25FO3. The lowest BCUT2D eigenvalue weighted by Crippen LogP contribution is -1.95. The molecule has 2 aromatic rings. The van der Waals surface area contributed by atoms with E-state index in [-0.39, 0.29) is 12.2 Å². The summed E-state index contributed by atoms with van der Waals surface area (Å²) in [6.07, 6.45) is 5.44. The SMILES string of the molecule is C/C=C\COCc1ccccc1.O=C(O)CCCc1ccc(F)cc1. The first-order valence-electron chi connectivity index (χ1n) is 8.31. The highest BCUT2D eigenvalue weighted by molar-refractivity contribution is 5.66. The van der Waals surface area contributed by atoms with Crippen molar-refractivity contribution in [1.29, 1.82) is 0 Å². The first-order chi connectivity index (χ1) is 12.1. The smallest absolute Gasteiger partial charge is 0.303 e. The summed E-state index contributed by atoms with van der Waals surface area (Å²) in [6, 6.07) is 16.3. The lowest BCUT2D eigenvalue weighted by atomic mass is 10.1. The summed E-state index contributed by atoms with van der Waals surface area (Å²) in [7, 11) is 0. The van der Waals surface area contributed by atoms with E-state index in [1.54, 1.807) is 12.1 Å². The van der Waals surface area contributed by atoms with Crippen molar-refractivity contribution in [2.24, 2.45) is 0 Å². The highest BCUT2D eigenvalue weighted by Gasteiger charge is 1.98. The zero-order chi connectivity index (χ0) is 18.3. The summed E-state index contributed by atoms with van der Waals surface area (Å²) in [6.45, 7) is 3.39. The van der Waals surface area contributed by atoms with Gasteiger partial charge >= 0.3 is 5.97 Å². The van der Waals surface area contributed by atoms with Gasteiger partial charge in [-0.2, -0.15) is 0 Å². The number of halogens is 1. The molecule has 2 rings (SSSR count). The van der Waals surface area contributed by atoms with Crippen molar-refractivity contribution in [3.63, 3.8) is 0 Å². The van der Waals surface area contributed by atoms with Gasteiger partial charge in [-0.1, -0.05) is 54.6 Å². The summed E-state index contributed by atoms with van der Waals surface area (Å²) in [5, 5.41) is 8.38. The third-order valence-electron chi connectivity index (χ3n) is 3.33. The van der Waals surface area contributed by atoms with Gasteiger partial charge in [-0.3, -0.25) is 4.79 Å². The van der Waals surface area contributed by atoms with Crippen molar-refractivity contribution < 1.29 is 19.0 Å². The van der Waals surface area contributed by atoms with Gasteiger partial charge in [-0.15, -0.1) is 0 Å². The molecule has 0 heterocycles. The number of carboxylic acid groups (broad SMARTS) is 1. The quantitative estimate of drug-likeness (QED) is 0.541. The van der Waals surface area contributed by atoms with Crippen LogP contribution >= 0.6 is 0 Å². The number of carbonyl (C=O) groups is 1. The van der Waals surface area contributed by atoms with E-state index in [0.29, 0.717) is 26.1 Å². The molecule has 0 aliphatic carbocycles. The van der Waals surface area contributed by atoms with Crippen LogP contribution in [-0.2, 0) is 22.6 Å². The average molecular weight is 344 g/mol. The number of carboxylic acids is 1. The molecule has 3 nitrogen and oxygen atoms in total. The third kappa shape index (κ3) is 10.8. The maximum absolute atomic E-state index is 12.4. The molecule has 0 fully saturated rings. The molecule has 2 aromatic carbocycles. The Morgan fingerprint density at radius 2 is 1.76 bits per heavy atom. The molecule has 0 bridgehead atoms. The van der Waals surface area contributed by atoms with Gasteiger partial charge in [-0.25, -0.2) is 4.39 Å². The highest BCUT2D eigenvalue weighted by atomic mass is 19.1. The average Bonchev–Trinajstić information content (AvgIpc) is 2.62. The standard InChI is InChI=1S/C11H14O.C10H11FO2/c1-2-3-9-12-10-11-7-5-4-6-8-11;11-9-6-4-8(5-7-9)2-1-3-10(12)13/h2-8H,9-10H2,1H3;4-7H,1-3H2,(H,12,13)/b3-2-;. The molecule has 0 aliphatic rings. The zero-order valence-corrected chi connectivity index (χ0v) is 14.5. The minimum absolute atomic E-state index is 0.164. The van der Waals surface area contributed by atoms with Crippen LogP contribution < -0.4 is 0 Å². The molecule has 0 atom stereocenters. The van der Waals surface area contributed by atoms with Crippen molar-refractivity contribution in [2.75, 3.05) is 6.61 Å². The van der Waals surface area contributed by atoms with Gasteiger partial charge in [0.1, 0.15) is 5.82 Å². The number of benzene rings is 2. The first-order valence-corrected chi connectivity index (χ1v) is 8.31. The molecule has 0 amide bonds. The fourth-order valence-corrected chi connectivity index (χ4v) is 2.01. The predicted octanol–water partition coefficient (Wildman–Crippen LogP) is 5.01. The summed E-state index contributed by atoms with van der Waals surface area (Å²) in [5.41, 5.74) is 2.20. The molecule has 0 aliphatic heterocycles. The van der Waals surface area contributed by atoms with E-state index in [1.165, 1.54) is 17.7 Å². The lowest BCUT2D eigenvalue weighted by Gasteiger charge is -1.99. The summed E-state index contributed by atoms with van der Waals surface area (Å²) in [4.78, 5) is 10.2. The molecule has 134 valence electrons. The van der Waals surface area contributed by atoms with Crippen LogP contribution in [0.5, 0.6) is 0 Å². The van der Waals surface area contributed by atoms with Crippen molar-refractivity contribution in [1.82, 2.24) is 0 Å². The van der Waals surface area contributed by atoms with Crippen LogP contribution in [0.1, 0.15) is 30.9 Å². The van der Waals surface area contributed by atoms with Crippen molar-refractivity contribution in [2.45, 2.75) is 32.8 Å². The van der Waals surface area contributed by atoms with Crippen LogP contribution in [0.3, 0.4) is 0 Å². The van der Waals surface area contributed by atoms with Gasteiger partial charge in [0.25, 0.3) is 0 Å². The second-order valence-electron chi connectivity index (χ2n) is 5.44. The monoisotopic (exact) mass is 344 g/mol. The van der Waals surface area contributed by atoms with E-state index >= 15 is 0 Å². The molecule has 0 saturated heterocycles. The Bertz CT molecular complexity index is 621. The maximum atomic E-state index is 12.4. The highest BCUT2D eigenvalue weighted by Crippen LogP contribution is 2.06. The number of ether oxygens (including phenoxy) is 1. The molecular weight excluding hydrogens is 319 g/mol. The number of aliphatic carboxylic acids is 1. The van der Waals surface area contributed by atoms with Gasteiger partial charge < -0.3 is 9.84 Å². The molecule has 4 heteroatoms. The fourth-order valence-electron chi connectivity index (χ4n) is 2.01. The molecule has 0 radical (unpaired) electrons. The van der Waals surface area contributed by atoms with Crippen LogP contribution in [0.15, 0.2) is 66.7 Å². The van der Waals surface area contributed by atoms with Gasteiger partial charge in [0.05, 0.1) is 13.2 Å². The Balaban J connectivity index is 0.000000251. The second kappa shape index (κ2) is 12.9. The van der Waals surface area contributed by atoms with Gasteiger partial charge in [0, 0.05) is 6.42 Å². The van der Waals surface area contributed by atoms with E-state index in [2.05, 4.69) is 12.1 Å².